The summed E-state index contributed by atoms with van der Waals surface area (Å²) in [4.78, 5) is 5.99. The van der Waals surface area contributed by atoms with Crippen LogP contribution in [0.5, 0.6) is 0 Å². The van der Waals surface area contributed by atoms with Gasteiger partial charge in [0.1, 0.15) is 10.4 Å². The largest absolute Gasteiger partial charge is 0.327 e. The number of imidazole rings is 1. The maximum atomic E-state index is 4.69. The van der Waals surface area contributed by atoms with E-state index in [2.05, 4.69) is 51.0 Å². The first-order valence-electron chi connectivity index (χ1n) is 6.19. The molecule has 0 aliphatic carbocycles. The number of thioether (sulfide) groups is 1. The van der Waals surface area contributed by atoms with Gasteiger partial charge in [-0.15, -0.1) is 11.8 Å². The van der Waals surface area contributed by atoms with Crippen LogP contribution >= 0.6 is 27.7 Å². The smallest absolute Gasteiger partial charge is 0.141 e. The van der Waals surface area contributed by atoms with Crippen molar-refractivity contribution >= 4 is 27.7 Å². The highest BCUT2D eigenvalue weighted by Gasteiger charge is 2.19. The van der Waals surface area contributed by atoms with E-state index in [9.17, 15) is 0 Å². The van der Waals surface area contributed by atoms with Crippen molar-refractivity contribution in [3.8, 4) is 11.4 Å². The summed E-state index contributed by atoms with van der Waals surface area (Å²) in [5.74, 6) is 1.10. The lowest BCUT2D eigenvalue weighted by molar-refractivity contribution is 0.535. The Balaban J connectivity index is 2.05. The molecule has 2 heterocycles. The third-order valence-corrected chi connectivity index (χ3v) is 4.80. The second kappa shape index (κ2) is 5.10. The Morgan fingerprint density at radius 3 is 2.72 bits per heavy atom. The standard InChI is InChI=1S/C14H15BrN2S/c1-18-11-7-5-10(6-8-11)14-16-13(15)12-4-2-3-9-17(12)14/h5-8H,2-4,9H2,1H3. The summed E-state index contributed by atoms with van der Waals surface area (Å²) in [6.45, 7) is 1.09. The molecule has 0 bridgehead atoms. The molecule has 1 aromatic carbocycles. The number of nitrogens with zero attached hydrogens (tertiary/aromatic N) is 2. The van der Waals surface area contributed by atoms with Gasteiger partial charge in [0, 0.05) is 17.0 Å². The Morgan fingerprint density at radius 1 is 1.22 bits per heavy atom. The number of fused-ring (bicyclic) bond motifs is 1. The Morgan fingerprint density at radius 2 is 2.00 bits per heavy atom. The van der Waals surface area contributed by atoms with E-state index in [-0.39, 0.29) is 0 Å². The fraction of sp³-hybridized carbons (Fsp3) is 0.357. The van der Waals surface area contributed by atoms with Gasteiger partial charge in [-0.05, 0) is 53.6 Å². The van der Waals surface area contributed by atoms with Crippen LogP contribution in [0.25, 0.3) is 11.4 Å². The van der Waals surface area contributed by atoms with Crippen LogP contribution in [-0.2, 0) is 13.0 Å². The second-order valence-electron chi connectivity index (χ2n) is 4.51. The molecule has 1 aromatic heterocycles. The molecule has 1 aliphatic rings. The van der Waals surface area contributed by atoms with Crippen molar-refractivity contribution in [1.82, 2.24) is 9.55 Å². The van der Waals surface area contributed by atoms with Crippen LogP contribution in [0, 0.1) is 0 Å². The molecule has 0 N–H and O–H groups in total. The Kier molecular flexibility index (Phi) is 3.48. The fourth-order valence-electron chi connectivity index (χ4n) is 2.46. The van der Waals surface area contributed by atoms with Crippen LogP contribution in [0.4, 0.5) is 0 Å². The number of halogens is 1. The molecule has 0 amide bonds. The van der Waals surface area contributed by atoms with Crippen LogP contribution in [0.2, 0.25) is 0 Å². The Bertz CT molecular complexity index is 560. The van der Waals surface area contributed by atoms with Crippen molar-refractivity contribution in [3.05, 3.63) is 34.6 Å². The van der Waals surface area contributed by atoms with Crippen LogP contribution in [0.15, 0.2) is 33.8 Å². The van der Waals surface area contributed by atoms with Crippen LogP contribution in [0.1, 0.15) is 18.5 Å². The molecule has 0 saturated carbocycles. The van der Waals surface area contributed by atoms with E-state index in [0.29, 0.717) is 0 Å². The molecule has 4 heteroatoms. The summed E-state index contributed by atoms with van der Waals surface area (Å²) >= 11 is 5.36. The summed E-state index contributed by atoms with van der Waals surface area (Å²) in [5, 5.41) is 0. The molecule has 1 aliphatic heterocycles. The van der Waals surface area contributed by atoms with E-state index < -0.39 is 0 Å². The van der Waals surface area contributed by atoms with Crippen molar-refractivity contribution in [1.29, 1.82) is 0 Å². The molecule has 0 unspecified atom stereocenters. The lowest BCUT2D eigenvalue weighted by Crippen LogP contribution is -2.11. The minimum Gasteiger partial charge on any atom is -0.327 e. The molecule has 18 heavy (non-hydrogen) atoms. The number of hydrogen-bond donors (Lipinski definition) is 0. The minimum atomic E-state index is 1.02. The number of rotatable bonds is 2. The Hall–Kier alpha value is -0.740. The van der Waals surface area contributed by atoms with Gasteiger partial charge in [-0.3, -0.25) is 0 Å². The van der Waals surface area contributed by atoms with E-state index >= 15 is 0 Å². The predicted molar refractivity (Wildman–Crippen MR) is 80.1 cm³/mol. The summed E-state index contributed by atoms with van der Waals surface area (Å²) in [6, 6.07) is 8.67. The highest BCUT2D eigenvalue weighted by Crippen LogP contribution is 2.30. The van der Waals surface area contributed by atoms with Crippen molar-refractivity contribution in [3.63, 3.8) is 0 Å². The molecule has 0 radical (unpaired) electrons. The fourth-order valence-corrected chi connectivity index (χ4v) is 3.45. The lowest BCUT2D eigenvalue weighted by atomic mass is 10.1. The maximum Gasteiger partial charge on any atom is 0.141 e. The van der Waals surface area contributed by atoms with Gasteiger partial charge in [0.05, 0.1) is 5.69 Å². The van der Waals surface area contributed by atoms with E-state index in [4.69, 9.17) is 4.98 Å². The van der Waals surface area contributed by atoms with Gasteiger partial charge in [-0.25, -0.2) is 4.98 Å². The van der Waals surface area contributed by atoms with E-state index in [0.717, 1.165) is 23.4 Å². The third kappa shape index (κ3) is 2.12. The monoisotopic (exact) mass is 322 g/mol. The number of benzene rings is 1. The van der Waals surface area contributed by atoms with Gasteiger partial charge >= 0.3 is 0 Å². The summed E-state index contributed by atoms with van der Waals surface area (Å²) in [7, 11) is 0. The van der Waals surface area contributed by atoms with E-state index in [1.807, 2.05) is 0 Å². The quantitative estimate of drug-likeness (QED) is 0.764. The second-order valence-corrected chi connectivity index (χ2v) is 6.14. The molecular weight excluding hydrogens is 308 g/mol. The molecule has 2 nitrogen and oxygen atoms in total. The molecule has 0 saturated heterocycles. The zero-order valence-corrected chi connectivity index (χ0v) is 12.7. The van der Waals surface area contributed by atoms with E-state index in [1.165, 1.54) is 29.0 Å². The summed E-state index contributed by atoms with van der Waals surface area (Å²) in [6.07, 6.45) is 5.76. The first kappa shape index (κ1) is 12.3. The van der Waals surface area contributed by atoms with Crippen molar-refractivity contribution in [2.75, 3.05) is 6.26 Å². The summed E-state index contributed by atoms with van der Waals surface area (Å²) in [5.41, 5.74) is 2.56. The van der Waals surface area contributed by atoms with Crippen molar-refractivity contribution in [2.24, 2.45) is 0 Å². The number of hydrogen-bond acceptors (Lipinski definition) is 2. The molecule has 2 aromatic rings. The first-order valence-corrected chi connectivity index (χ1v) is 8.20. The zero-order valence-electron chi connectivity index (χ0n) is 10.3. The van der Waals surface area contributed by atoms with Crippen LogP contribution in [0.3, 0.4) is 0 Å². The average molecular weight is 323 g/mol. The van der Waals surface area contributed by atoms with Crippen molar-refractivity contribution < 1.29 is 0 Å². The predicted octanol–water partition coefficient (Wildman–Crippen LogP) is 4.37. The average Bonchev–Trinajstić information content (AvgIpc) is 2.77. The Labute approximate surface area is 120 Å². The molecule has 0 spiro atoms. The molecule has 3 rings (SSSR count). The minimum absolute atomic E-state index is 1.02. The SMILES string of the molecule is CSc1ccc(-c2nc(Br)c3n2CCCC3)cc1. The molecule has 0 fully saturated rings. The third-order valence-electron chi connectivity index (χ3n) is 3.42. The maximum absolute atomic E-state index is 4.69. The lowest BCUT2D eigenvalue weighted by Gasteiger charge is -2.16. The van der Waals surface area contributed by atoms with Gasteiger partial charge in [0.2, 0.25) is 0 Å². The highest BCUT2D eigenvalue weighted by molar-refractivity contribution is 9.10. The zero-order chi connectivity index (χ0) is 12.5. The van der Waals surface area contributed by atoms with Gasteiger partial charge in [0.25, 0.3) is 0 Å². The highest BCUT2D eigenvalue weighted by atomic mass is 79.9. The van der Waals surface area contributed by atoms with Gasteiger partial charge in [0.15, 0.2) is 0 Å². The van der Waals surface area contributed by atoms with Gasteiger partial charge < -0.3 is 4.57 Å². The molecule has 0 atom stereocenters. The van der Waals surface area contributed by atoms with Gasteiger partial charge in [-0.1, -0.05) is 12.1 Å². The number of aromatic nitrogens is 2. The topological polar surface area (TPSA) is 17.8 Å². The first-order chi connectivity index (χ1) is 8.79. The normalized spacial score (nSPS) is 14.6. The summed E-state index contributed by atoms with van der Waals surface area (Å²) < 4.78 is 3.38. The molecular formula is C14H15BrN2S. The van der Waals surface area contributed by atoms with E-state index in [1.54, 1.807) is 11.8 Å². The van der Waals surface area contributed by atoms with Crippen LogP contribution < -0.4 is 0 Å². The molecule has 94 valence electrons. The van der Waals surface area contributed by atoms with Gasteiger partial charge in [-0.2, -0.15) is 0 Å². The van der Waals surface area contributed by atoms with Crippen molar-refractivity contribution in [2.45, 2.75) is 30.7 Å². The van der Waals surface area contributed by atoms with Crippen LogP contribution in [-0.4, -0.2) is 15.8 Å².